The summed E-state index contributed by atoms with van der Waals surface area (Å²) in [5, 5.41) is 3.14. The number of imidazole rings is 1. The zero-order valence-electron chi connectivity index (χ0n) is 15.4. The summed E-state index contributed by atoms with van der Waals surface area (Å²) >= 11 is 0. The summed E-state index contributed by atoms with van der Waals surface area (Å²) in [7, 11) is 0. The van der Waals surface area contributed by atoms with Crippen molar-refractivity contribution in [3.8, 4) is 5.69 Å². The maximum absolute atomic E-state index is 12.5. The first-order valence-electron chi connectivity index (χ1n) is 9.50. The molecule has 1 saturated carbocycles. The van der Waals surface area contributed by atoms with Gasteiger partial charge >= 0.3 is 0 Å². The van der Waals surface area contributed by atoms with Gasteiger partial charge in [0.05, 0.1) is 11.0 Å². The zero-order valence-corrected chi connectivity index (χ0v) is 15.4. The fourth-order valence-electron chi connectivity index (χ4n) is 3.72. The molecule has 3 aromatic rings. The molecular weight excluding hydrogens is 322 g/mol. The molecule has 4 rings (SSSR count). The fraction of sp³-hybridized carbons (Fsp3) is 0.364. The number of benzene rings is 2. The Morgan fingerprint density at radius 2 is 1.85 bits per heavy atom. The van der Waals surface area contributed by atoms with Crippen LogP contribution in [0.3, 0.4) is 0 Å². The van der Waals surface area contributed by atoms with Crippen molar-refractivity contribution >= 4 is 16.9 Å². The van der Waals surface area contributed by atoms with E-state index >= 15 is 0 Å². The summed E-state index contributed by atoms with van der Waals surface area (Å²) in [4.78, 5) is 17.0. The molecule has 0 atom stereocenters. The fourth-order valence-corrected chi connectivity index (χ4v) is 3.72. The van der Waals surface area contributed by atoms with Gasteiger partial charge < -0.3 is 5.32 Å². The van der Waals surface area contributed by atoms with Crippen molar-refractivity contribution in [3.05, 3.63) is 59.9 Å². The van der Waals surface area contributed by atoms with E-state index < -0.39 is 0 Å². The molecule has 0 radical (unpaired) electrons. The third-order valence-corrected chi connectivity index (χ3v) is 5.34. The molecule has 0 spiro atoms. The summed E-state index contributed by atoms with van der Waals surface area (Å²) < 4.78 is 2.07. The van der Waals surface area contributed by atoms with Gasteiger partial charge in [0.25, 0.3) is 5.91 Å². The number of rotatable bonds is 4. The Bertz CT molecular complexity index is 918. The van der Waals surface area contributed by atoms with Crippen LogP contribution in [0.4, 0.5) is 0 Å². The number of carbonyl (C=O) groups excluding carboxylic acids is 1. The summed E-state index contributed by atoms with van der Waals surface area (Å²) in [6, 6.07) is 14.7. The van der Waals surface area contributed by atoms with Gasteiger partial charge in [-0.05, 0) is 54.7 Å². The number of hydrogen-bond donors (Lipinski definition) is 1. The lowest BCUT2D eigenvalue weighted by Gasteiger charge is -2.12. The van der Waals surface area contributed by atoms with Crippen LogP contribution >= 0.6 is 0 Å². The molecule has 1 fully saturated rings. The minimum Gasteiger partial charge on any atom is -0.349 e. The minimum atomic E-state index is 0.00892. The molecule has 1 heterocycles. The van der Waals surface area contributed by atoms with Crippen LogP contribution in [0.25, 0.3) is 16.7 Å². The van der Waals surface area contributed by atoms with Gasteiger partial charge in [0.15, 0.2) is 0 Å². The predicted octanol–water partition coefficient (Wildman–Crippen LogP) is 4.82. The van der Waals surface area contributed by atoms with Crippen LogP contribution in [0.5, 0.6) is 0 Å². The smallest absolute Gasteiger partial charge is 0.251 e. The number of nitrogens with one attached hydrogen (secondary N) is 1. The third-order valence-electron chi connectivity index (χ3n) is 5.34. The molecule has 0 unspecified atom stereocenters. The minimum absolute atomic E-state index is 0.00892. The molecule has 134 valence electrons. The molecule has 0 aliphatic heterocycles. The van der Waals surface area contributed by atoms with Gasteiger partial charge in [-0.25, -0.2) is 4.98 Å². The summed E-state index contributed by atoms with van der Waals surface area (Å²) in [5.41, 5.74) is 4.95. The second-order valence-electron chi connectivity index (χ2n) is 7.52. The van der Waals surface area contributed by atoms with E-state index in [1.54, 1.807) is 0 Å². The van der Waals surface area contributed by atoms with E-state index in [9.17, 15) is 4.79 Å². The van der Waals surface area contributed by atoms with E-state index in [0.717, 1.165) is 29.6 Å². The quantitative estimate of drug-likeness (QED) is 0.735. The first kappa shape index (κ1) is 16.8. The third kappa shape index (κ3) is 3.24. The Hall–Kier alpha value is -2.62. The van der Waals surface area contributed by atoms with E-state index in [0.29, 0.717) is 17.5 Å². The number of nitrogens with zero attached hydrogens (tertiary/aromatic N) is 2. The van der Waals surface area contributed by atoms with Crippen molar-refractivity contribution in [3.63, 3.8) is 0 Å². The van der Waals surface area contributed by atoms with E-state index in [1.165, 1.54) is 18.4 Å². The molecule has 1 aliphatic rings. The highest BCUT2D eigenvalue weighted by Crippen LogP contribution is 2.23. The average molecular weight is 347 g/mol. The summed E-state index contributed by atoms with van der Waals surface area (Å²) in [6.45, 7) is 4.39. The van der Waals surface area contributed by atoms with Crippen molar-refractivity contribution in [1.82, 2.24) is 14.9 Å². The van der Waals surface area contributed by atoms with Gasteiger partial charge in [-0.2, -0.15) is 0 Å². The van der Waals surface area contributed by atoms with Crippen LogP contribution in [0.1, 0.15) is 61.4 Å². The molecule has 1 aliphatic carbocycles. The van der Waals surface area contributed by atoms with Gasteiger partial charge in [-0.1, -0.05) is 38.8 Å². The molecule has 1 N–H and O–H groups in total. The molecule has 1 amide bonds. The first-order valence-corrected chi connectivity index (χ1v) is 9.50. The van der Waals surface area contributed by atoms with E-state index in [1.807, 2.05) is 24.5 Å². The molecule has 26 heavy (non-hydrogen) atoms. The average Bonchev–Trinajstić information content (AvgIpc) is 3.30. The SMILES string of the molecule is CC(C)c1ccc(-n2cnc3cc(C(=O)NC4CCCC4)ccc32)cc1. The Morgan fingerprint density at radius 1 is 1.12 bits per heavy atom. The maximum Gasteiger partial charge on any atom is 0.251 e. The molecule has 0 bridgehead atoms. The monoisotopic (exact) mass is 347 g/mol. The van der Waals surface area contributed by atoms with Crippen LogP contribution in [0.2, 0.25) is 0 Å². The molecule has 1 aromatic heterocycles. The van der Waals surface area contributed by atoms with Gasteiger partial charge in [0, 0.05) is 17.3 Å². The number of hydrogen-bond acceptors (Lipinski definition) is 2. The topological polar surface area (TPSA) is 46.9 Å². The molecule has 4 heteroatoms. The molecule has 2 aromatic carbocycles. The number of aromatic nitrogens is 2. The van der Waals surface area contributed by atoms with Crippen LogP contribution in [0.15, 0.2) is 48.8 Å². The van der Waals surface area contributed by atoms with Crippen LogP contribution in [-0.2, 0) is 0 Å². The zero-order chi connectivity index (χ0) is 18.1. The van der Waals surface area contributed by atoms with Crippen molar-refractivity contribution in [2.75, 3.05) is 0 Å². The standard InChI is InChI=1S/C22H25N3O/c1-15(2)16-7-10-19(11-8-16)25-14-23-20-13-17(9-12-21(20)25)22(26)24-18-5-3-4-6-18/h7-15,18H,3-6H2,1-2H3,(H,24,26). The molecule has 0 saturated heterocycles. The van der Waals surface area contributed by atoms with E-state index in [2.05, 4.69) is 53.0 Å². The number of carbonyl (C=O) groups is 1. The van der Waals surface area contributed by atoms with E-state index in [-0.39, 0.29) is 5.91 Å². The van der Waals surface area contributed by atoms with Crippen molar-refractivity contribution in [1.29, 1.82) is 0 Å². The van der Waals surface area contributed by atoms with Gasteiger partial charge in [-0.15, -0.1) is 0 Å². The Kier molecular flexibility index (Phi) is 4.49. The van der Waals surface area contributed by atoms with Crippen LogP contribution in [0, 0.1) is 0 Å². The molecular formula is C22H25N3O. The highest BCUT2D eigenvalue weighted by molar-refractivity contribution is 5.97. The highest BCUT2D eigenvalue weighted by Gasteiger charge is 2.18. The maximum atomic E-state index is 12.5. The number of amides is 1. The molecule has 4 nitrogen and oxygen atoms in total. The largest absolute Gasteiger partial charge is 0.349 e. The van der Waals surface area contributed by atoms with Gasteiger partial charge in [0.1, 0.15) is 6.33 Å². The van der Waals surface area contributed by atoms with Crippen molar-refractivity contribution in [2.24, 2.45) is 0 Å². The van der Waals surface area contributed by atoms with Crippen LogP contribution in [-0.4, -0.2) is 21.5 Å². The highest BCUT2D eigenvalue weighted by atomic mass is 16.1. The lowest BCUT2D eigenvalue weighted by Crippen LogP contribution is -2.32. The normalized spacial score (nSPS) is 15.0. The Morgan fingerprint density at radius 3 is 2.54 bits per heavy atom. The number of fused-ring (bicyclic) bond motifs is 1. The first-order chi connectivity index (χ1) is 12.6. The van der Waals surface area contributed by atoms with Gasteiger partial charge in [0.2, 0.25) is 0 Å². The Balaban J connectivity index is 1.59. The predicted molar refractivity (Wildman–Crippen MR) is 105 cm³/mol. The van der Waals surface area contributed by atoms with E-state index in [4.69, 9.17) is 0 Å². The Labute approximate surface area is 154 Å². The lowest BCUT2D eigenvalue weighted by molar-refractivity contribution is 0.0938. The van der Waals surface area contributed by atoms with Gasteiger partial charge in [-0.3, -0.25) is 9.36 Å². The lowest BCUT2D eigenvalue weighted by atomic mass is 10.0. The van der Waals surface area contributed by atoms with Crippen molar-refractivity contribution < 1.29 is 4.79 Å². The second kappa shape index (κ2) is 6.94. The van der Waals surface area contributed by atoms with Crippen molar-refractivity contribution in [2.45, 2.75) is 51.5 Å². The summed E-state index contributed by atoms with van der Waals surface area (Å²) in [6.07, 6.45) is 6.44. The summed E-state index contributed by atoms with van der Waals surface area (Å²) in [5.74, 6) is 0.527. The second-order valence-corrected chi connectivity index (χ2v) is 7.52. The van der Waals surface area contributed by atoms with Crippen LogP contribution < -0.4 is 5.32 Å².